The van der Waals surface area contributed by atoms with Gasteiger partial charge in [0.05, 0.1) is 6.61 Å². The quantitative estimate of drug-likeness (QED) is 0.871. The van der Waals surface area contributed by atoms with Crippen LogP contribution in [0.2, 0.25) is 0 Å². The summed E-state index contributed by atoms with van der Waals surface area (Å²) in [6.45, 7) is 0.607. The molecule has 0 radical (unpaired) electrons. The second kappa shape index (κ2) is 6.31. The van der Waals surface area contributed by atoms with Crippen molar-refractivity contribution in [3.63, 3.8) is 0 Å². The summed E-state index contributed by atoms with van der Waals surface area (Å²) in [4.78, 5) is 10.5. The van der Waals surface area contributed by atoms with Gasteiger partial charge < -0.3 is 10.0 Å². The van der Waals surface area contributed by atoms with Crippen LogP contribution in [0, 0.1) is 11.3 Å². The number of aliphatic hydroxyl groups is 1. The fraction of sp³-hybridized carbons (Fsp3) is 0.615. The van der Waals surface area contributed by atoms with Gasteiger partial charge in [0.15, 0.2) is 0 Å². The fourth-order valence-electron chi connectivity index (χ4n) is 2.50. The summed E-state index contributed by atoms with van der Waals surface area (Å²) in [6.07, 6.45) is 7.53. The molecule has 2 rings (SSSR count). The third kappa shape index (κ3) is 2.96. The molecule has 96 valence electrons. The third-order valence-corrected chi connectivity index (χ3v) is 3.37. The summed E-state index contributed by atoms with van der Waals surface area (Å²) in [5.41, 5.74) is 0.374. The number of nitrogens with zero attached hydrogens (tertiary/aromatic N) is 4. The highest BCUT2D eigenvalue weighted by Gasteiger charge is 2.22. The van der Waals surface area contributed by atoms with Gasteiger partial charge in [0.25, 0.3) is 0 Å². The van der Waals surface area contributed by atoms with Crippen LogP contribution in [-0.4, -0.2) is 34.3 Å². The van der Waals surface area contributed by atoms with Crippen molar-refractivity contribution in [3.8, 4) is 6.07 Å². The summed E-state index contributed by atoms with van der Waals surface area (Å²) in [7, 11) is 0. The van der Waals surface area contributed by atoms with E-state index in [0.29, 0.717) is 24.2 Å². The lowest BCUT2D eigenvalue weighted by molar-refractivity contribution is 0.288. The van der Waals surface area contributed by atoms with Gasteiger partial charge in [-0.25, -0.2) is 9.97 Å². The molecule has 0 bridgehead atoms. The maximum Gasteiger partial charge on any atom is 0.226 e. The van der Waals surface area contributed by atoms with E-state index in [4.69, 9.17) is 5.26 Å². The van der Waals surface area contributed by atoms with E-state index in [2.05, 4.69) is 9.97 Å². The van der Waals surface area contributed by atoms with Crippen molar-refractivity contribution >= 4 is 5.95 Å². The smallest absolute Gasteiger partial charge is 0.226 e. The van der Waals surface area contributed by atoms with Crippen LogP contribution in [0.25, 0.3) is 0 Å². The Morgan fingerprint density at radius 3 is 2.83 bits per heavy atom. The lowest BCUT2D eigenvalue weighted by Gasteiger charge is -2.33. The lowest BCUT2D eigenvalue weighted by atomic mass is 9.94. The average molecular weight is 246 g/mol. The summed E-state index contributed by atoms with van der Waals surface area (Å²) >= 11 is 0. The van der Waals surface area contributed by atoms with Crippen molar-refractivity contribution in [2.24, 2.45) is 0 Å². The zero-order chi connectivity index (χ0) is 12.8. The van der Waals surface area contributed by atoms with Crippen LogP contribution in [0.1, 0.15) is 37.8 Å². The molecule has 0 spiro atoms. The van der Waals surface area contributed by atoms with Crippen molar-refractivity contribution in [3.05, 3.63) is 18.0 Å². The van der Waals surface area contributed by atoms with Gasteiger partial charge in [-0.1, -0.05) is 19.3 Å². The number of aromatic nitrogens is 2. The van der Waals surface area contributed by atoms with Gasteiger partial charge in [0.1, 0.15) is 11.8 Å². The minimum absolute atomic E-state index is 0.0800. The molecule has 0 unspecified atom stereocenters. The van der Waals surface area contributed by atoms with Crippen LogP contribution in [0.3, 0.4) is 0 Å². The Bertz CT molecular complexity index is 423. The number of anilines is 1. The van der Waals surface area contributed by atoms with E-state index in [1.165, 1.54) is 19.3 Å². The highest BCUT2D eigenvalue weighted by atomic mass is 16.3. The van der Waals surface area contributed by atoms with Crippen LogP contribution in [0.4, 0.5) is 5.95 Å². The molecule has 0 atom stereocenters. The molecule has 1 aliphatic rings. The van der Waals surface area contributed by atoms with Gasteiger partial charge in [-0.05, 0) is 18.9 Å². The van der Waals surface area contributed by atoms with Crippen LogP contribution < -0.4 is 4.90 Å². The number of rotatable bonds is 4. The summed E-state index contributed by atoms with van der Waals surface area (Å²) in [6, 6.07) is 4.01. The molecule has 1 aromatic heterocycles. The van der Waals surface area contributed by atoms with E-state index < -0.39 is 0 Å². The summed E-state index contributed by atoms with van der Waals surface area (Å²) in [5, 5.41) is 18.1. The molecule has 1 N–H and O–H groups in total. The molecule has 5 heteroatoms. The van der Waals surface area contributed by atoms with Gasteiger partial charge in [0, 0.05) is 18.8 Å². The molecule has 1 aliphatic carbocycles. The SMILES string of the molecule is N#Cc1ccnc(N(CCO)C2CCCCC2)n1. The summed E-state index contributed by atoms with van der Waals surface area (Å²) < 4.78 is 0. The monoisotopic (exact) mass is 246 g/mol. The number of aliphatic hydroxyl groups excluding tert-OH is 1. The molecule has 5 nitrogen and oxygen atoms in total. The molecular formula is C13H18N4O. The molecule has 0 aliphatic heterocycles. The van der Waals surface area contributed by atoms with E-state index in [9.17, 15) is 5.11 Å². The molecule has 1 heterocycles. The van der Waals surface area contributed by atoms with Crippen molar-refractivity contribution in [1.82, 2.24) is 9.97 Å². The van der Waals surface area contributed by atoms with Crippen LogP contribution in [0.5, 0.6) is 0 Å². The molecular weight excluding hydrogens is 228 g/mol. The predicted octanol–water partition coefficient (Wildman–Crippen LogP) is 1.48. The van der Waals surface area contributed by atoms with E-state index in [1.54, 1.807) is 12.3 Å². The molecule has 18 heavy (non-hydrogen) atoms. The highest BCUT2D eigenvalue weighted by molar-refractivity contribution is 5.35. The first-order valence-electron chi connectivity index (χ1n) is 6.46. The Hall–Kier alpha value is -1.67. The minimum atomic E-state index is 0.0800. The molecule has 0 saturated heterocycles. The zero-order valence-electron chi connectivity index (χ0n) is 10.4. The molecule has 1 fully saturated rings. The average Bonchev–Trinajstić information content (AvgIpc) is 2.46. The summed E-state index contributed by atoms with van der Waals surface area (Å²) in [5.74, 6) is 0.565. The van der Waals surface area contributed by atoms with Gasteiger partial charge >= 0.3 is 0 Å². The van der Waals surface area contributed by atoms with Crippen molar-refractivity contribution in [1.29, 1.82) is 5.26 Å². The number of nitriles is 1. The normalized spacial score (nSPS) is 16.2. The number of hydrogen-bond acceptors (Lipinski definition) is 5. The van der Waals surface area contributed by atoms with Gasteiger partial charge in [-0.2, -0.15) is 5.26 Å². The van der Waals surface area contributed by atoms with Crippen molar-refractivity contribution in [2.75, 3.05) is 18.1 Å². The second-order valence-corrected chi connectivity index (χ2v) is 4.56. The zero-order valence-corrected chi connectivity index (χ0v) is 10.4. The molecule has 0 aromatic carbocycles. The van der Waals surface area contributed by atoms with Crippen molar-refractivity contribution < 1.29 is 5.11 Å². The molecule has 1 aromatic rings. The maximum atomic E-state index is 9.19. The predicted molar refractivity (Wildman–Crippen MR) is 68.1 cm³/mol. The Labute approximate surface area is 107 Å². The van der Waals surface area contributed by atoms with Crippen LogP contribution >= 0.6 is 0 Å². The minimum Gasteiger partial charge on any atom is -0.395 e. The number of hydrogen-bond donors (Lipinski definition) is 1. The fourth-order valence-corrected chi connectivity index (χ4v) is 2.50. The Balaban J connectivity index is 2.19. The van der Waals surface area contributed by atoms with Crippen LogP contribution in [-0.2, 0) is 0 Å². The Kier molecular flexibility index (Phi) is 4.48. The van der Waals surface area contributed by atoms with E-state index >= 15 is 0 Å². The Morgan fingerprint density at radius 2 is 2.17 bits per heavy atom. The van der Waals surface area contributed by atoms with E-state index in [-0.39, 0.29) is 6.61 Å². The van der Waals surface area contributed by atoms with E-state index in [1.807, 2.05) is 11.0 Å². The third-order valence-electron chi connectivity index (χ3n) is 3.37. The molecule has 0 amide bonds. The lowest BCUT2D eigenvalue weighted by Crippen LogP contribution is -2.40. The largest absolute Gasteiger partial charge is 0.395 e. The first kappa shape index (κ1) is 12.8. The first-order chi connectivity index (χ1) is 8.85. The Morgan fingerprint density at radius 1 is 1.39 bits per heavy atom. The molecule has 1 saturated carbocycles. The standard InChI is InChI=1S/C13H18N4O/c14-10-11-6-7-15-13(16-11)17(8-9-18)12-4-2-1-3-5-12/h6-7,12,18H,1-5,8-9H2. The highest BCUT2D eigenvalue weighted by Crippen LogP contribution is 2.25. The van der Waals surface area contributed by atoms with Gasteiger partial charge in [-0.15, -0.1) is 0 Å². The van der Waals surface area contributed by atoms with E-state index in [0.717, 1.165) is 12.8 Å². The first-order valence-corrected chi connectivity index (χ1v) is 6.46. The van der Waals surface area contributed by atoms with Crippen molar-refractivity contribution in [2.45, 2.75) is 38.1 Å². The van der Waals surface area contributed by atoms with Crippen LogP contribution in [0.15, 0.2) is 12.3 Å². The topological polar surface area (TPSA) is 73.0 Å². The second-order valence-electron chi connectivity index (χ2n) is 4.56. The van der Waals surface area contributed by atoms with Gasteiger partial charge in [0.2, 0.25) is 5.95 Å². The maximum absolute atomic E-state index is 9.19. The van der Waals surface area contributed by atoms with Gasteiger partial charge in [-0.3, -0.25) is 0 Å².